The maximum atomic E-state index is 12.6. The Hall–Kier alpha value is -1.64. The molecule has 0 aromatic heterocycles. The van der Waals surface area contributed by atoms with E-state index in [-0.39, 0.29) is 11.8 Å². The van der Waals surface area contributed by atoms with Crippen molar-refractivity contribution >= 4 is 45.3 Å². The van der Waals surface area contributed by atoms with Crippen molar-refractivity contribution in [1.29, 1.82) is 0 Å². The summed E-state index contributed by atoms with van der Waals surface area (Å²) in [6, 6.07) is 7.03. The predicted octanol–water partition coefficient (Wildman–Crippen LogP) is 2.53. The van der Waals surface area contributed by atoms with Crippen LogP contribution in [0.4, 0.5) is 10.5 Å². The Bertz CT molecular complexity index is 661. The molecule has 0 spiro atoms. The number of para-hydroxylation sites is 1. The number of nitrogens with zero attached hydrogens (tertiary/aromatic N) is 1. The summed E-state index contributed by atoms with van der Waals surface area (Å²) >= 11 is 3.83. The average molecular weight is 367 g/mol. The Balaban J connectivity index is 2.06. The van der Waals surface area contributed by atoms with E-state index in [9.17, 15) is 9.35 Å². The molecular weight excluding hydrogens is 344 g/mol. The molecule has 1 atom stereocenters. The lowest BCUT2D eigenvalue weighted by Crippen LogP contribution is -2.44. The zero-order valence-electron chi connectivity index (χ0n) is 14.0. The van der Waals surface area contributed by atoms with Crippen LogP contribution in [0.5, 0.6) is 0 Å². The normalized spacial score (nSPS) is 17.0. The molecule has 0 fully saturated rings. The summed E-state index contributed by atoms with van der Waals surface area (Å²) in [5.41, 5.74) is 0.959. The number of aliphatic imine (C=N–C) groups is 1. The lowest BCUT2D eigenvalue weighted by Gasteiger charge is -2.19. The molecule has 3 N–H and O–H groups in total. The number of hydrogen-bond acceptors (Lipinski definition) is 4. The molecule has 0 bridgehead atoms. The van der Waals surface area contributed by atoms with Gasteiger partial charge >= 0.3 is 11.2 Å². The SMILES string of the molecule is CCCNC(=O)Nc1ccccc1C[S+]([O-])C1=NC(=S)C(C)(C)N1. The summed E-state index contributed by atoms with van der Waals surface area (Å²) in [5.74, 6) is 0.245. The van der Waals surface area contributed by atoms with E-state index >= 15 is 0 Å². The van der Waals surface area contributed by atoms with Crippen molar-refractivity contribution in [3.63, 3.8) is 0 Å². The van der Waals surface area contributed by atoms with Crippen LogP contribution >= 0.6 is 12.2 Å². The van der Waals surface area contributed by atoms with E-state index in [1.807, 2.05) is 39.0 Å². The van der Waals surface area contributed by atoms with Gasteiger partial charge in [-0.25, -0.2) is 4.79 Å². The number of rotatable bonds is 5. The van der Waals surface area contributed by atoms with Gasteiger partial charge in [0.1, 0.15) is 10.7 Å². The van der Waals surface area contributed by atoms with Gasteiger partial charge in [-0.05, 0) is 26.3 Å². The van der Waals surface area contributed by atoms with Gasteiger partial charge in [-0.1, -0.05) is 37.3 Å². The molecule has 0 saturated carbocycles. The van der Waals surface area contributed by atoms with E-state index in [0.717, 1.165) is 12.0 Å². The number of amidine groups is 1. The summed E-state index contributed by atoms with van der Waals surface area (Å²) < 4.78 is 12.6. The predicted molar refractivity (Wildman–Crippen MR) is 103 cm³/mol. The number of amides is 2. The van der Waals surface area contributed by atoms with Crippen LogP contribution in [0.2, 0.25) is 0 Å². The fraction of sp³-hybridized carbons (Fsp3) is 0.438. The van der Waals surface area contributed by atoms with Crippen molar-refractivity contribution in [1.82, 2.24) is 10.6 Å². The average Bonchev–Trinajstić information content (AvgIpc) is 2.81. The number of hydrogen-bond donors (Lipinski definition) is 3. The lowest BCUT2D eigenvalue weighted by atomic mass is 10.1. The van der Waals surface area contributed by atoms with Crippen LogP contribution in [0.1, 0.15) is 32.8 Å². The first-order chi connectivity index (χ1) is 11.3. The van der Waals surface area contributed by atoms with Gasteiger partial charge in [0, 0.05) is 23.3 Å². The molecule has 1 aliphatic rings. The van der Waals surface area contributed by atoms with E-state index in [4.69, 9.17) is 12.2 Å². The third-order valence-electron chi connectivity index (χ3n) is 3.46. The minimum atomic E-state index is -1.36. The molecule has 2 amide bonds. The summed E-state index contributed by atoms with van der Waals surface area (Å²) in [6.45, 7) is 6.39. The largest absolute Gasteiger partial charge is 0.609 e. The molecule has 6 nitrogen and oxygen atoms in total. The topological polar surface area (TPSA) is 88.6 Å². The number of benzene rings is 1. The number of thiocarbonyl (C=S) groups is 1. The fourth-order valence-corrected chi connectivity index (χ4v) is 3.50. The molecule has 1 aromatic rings. The number of nitrogens with one attached hydrogen (secondary N) is 3. The maximum Gasteiger partial charge on any atom is 0.319 e. The number of anilines is 1. The third kappa shape index (κ3) is 4.68. The Kier molecular flexibility index (Phi) is 6.20. The Morgan fingerprint density at radius 2 is 2.12 bits per heavy atom. The zero-order chi connectivity index (χ0) is 17.7. The summed E-state index contributed by atoms with van der Waals surface area (Å²) in [4.78, 5) is 16.5. The molecule has 24 heavy (non-hydrogen) atoms. The van der Waals surface area contributed by atoms with Gasteiger partial charge in [-0.2, -0.15) is 4.99 Å². The molecule has 0 radical (unpaired) electrons. The Morgan fingerprint density at radius 1 is 1.42 bits per heavy atom. The summed E-state index contributed by atoms with van der Waals surface area (Å²) in [5, 5.41) is 9.03. The van der Waals surface area contributed by atoms with E-state index in [1.54, 1.807) is 6.07 Å². The van der Waals surface area contributed by atoms with Crippen molar-refractivity contribution in [3.8, 4) is 0 Å². The smallest absolute Gasteiger partial charge is 0.319 e. The highest BCUT2D eigenvalue weighted by Crippen LogP contribution is 2.22. The van der Waals surface area contributed by atoms with Crippen molar-refractivity contribution < 1.29 is 9.35 Å². The van der Waals surface area contributed by atoms with Crippen LogP contribution in [0, 0.1) is 0 Å². The Morgan fingerprint density at radius 3 is 2.75 bits per heavy atom. The molecule has 1 aromatic carbocycles. The first-order valence-corrected chi connectivity index (χ1v) is 9.48. The van der Waals surface area contributed by atoms with Gasteiger partial charge < -0.3 is 20.5 Å². The molecule has 130 valence electrons. The first kappa shape index (κ1) is 18.7. The number of urea groups is 1. The first-order valence-electron chi connectivity index (χ1n) is 7.76. The van der Waals surface area contributed by atoms with Gasteiger partial charge in [0.15, 0.2) is 0 Å². The van der Waals surface area contributed by atoms with Crippen molar-refractivity contribution in [2.24, 2.45) is 4.99 Å². The quantitative estimate of drug-likeness (QED) is 0.552. The fourth-order valence-electron chi connectivity index (χ4n) is 2.07. The summed E-state index contributed by atoms with van der Waals surface area (Å²) in [7, 11) is 0. The molecule has 1 heterocycles. The minimum absolute atomic E-state index is 0.245. The van der Waals surface area contributed by atoms with Crippen LogP contribution < -0.4 is 16.0 Å². The van der Waals surface area contributed by atoms with Crippen LogP contribution in [-0.4, -0.2) is 32.8 Å². The monoisotopic (exact) mass is 366 g/mol. The van der Waals surface area contributed by atoms with Gasteiger partial charge in [-0.3, -0.25) is 0 Å². The molecule has 8 heteroatoms. The van der Waals surface area contributed by atoms with E-state index in [0.29, 0.717) is 22.4 Å². The van der Waals surface area contributed by atoms with Gasteiger partial charge in [0.05, 0.1) is 11.2 Å². The highest BCUT2D eigenvalue weighted by molar-refractivity contribution is 8.05. The van der Waals surface area contributed by atoms with Crippen LogP contribution in [0.3, 0.4) is 0 Å². The van der Waals surface area contributed by atoms with E-state index < -0.39 is 16.7 Å². The van der Waals surface area contributed by atoms with Crippen molar-refractivity contribution in [2.75, 3.05) is 11.9 Å². The van der Waals surface area contributed by atoms with Gasteiger partial charge in [-0.15, -0.1) is 0 Å². The third-order valence-corrected chi connectivity index (χ3v) is 5.26. The van der Waals surface area contributed by atoms with Gasteiger partial charge in [0.2, 0.25) is 0 Å². The van der Waals surface area contributed by atoms with Crippen molar-refractivity contribution in [3.05, 3.63) is 29.8 Å². The molecule has 2 rings (SSSR count). The Labute approximate surface area is 150 Å². The molecule has 0 saturated heterocycles. The number of carbonyl (C=O) groups is 1. The molecule has 1 unspecified atom stereocenters. The summed E-state index contributed by atoms with van der Waals surface area (Å²) in [6.07, 6.45) is 0.861. The standard InChI is InChI=1S/C16H22N4O2S2/c1-4-9-17-14(21)18-12-8-6-5-7-11(12)10-24(22)15-19-13(23)16(2,3)20-15/h5-8H,4,9-10H2,1-3H3,(H2,17,18,21)(H,19,20,23). The molecule has 0 aliphatic carbocycles. The van der Waals surface area contributed by atoms with Crippen LogP contribution in [-0.2, 0) is 16.9 Å². The minimum Gasteiger partial charge on any atom is -0.609 e. The maximum absolute atomic E-state index is 12.6. The highest BCUT2D eigenvalue weighted by atomic mass is 32.2. The van der Waals surface area contributed by atoms with E-state index in [2.05, 4.69) is 20.9 Å². The second-order valence-corrected chi connectivity index (χ2v) is 7.75. The lowest BCUT2D eigenvalue weighted by molar-refractivity contribution is 0.252. The van der Waals surface area contributed by atoms with E-state index in [1.165, 1.54) is 0 Å². The number of carbonyl (C=O) groups excluding carboxylic acids is 1. The van der Waals surface area contributed by atoms with Crippen LogP contribution in [0.25, 0.3) is 0 Å². The molecule has 1 aliphatic heterocycles. The van der Waals surface area contributed by atoms with Crippen molar-refractivity contribution in [2.45, 2.75) is 38.5 Å². The van der Waals surface area contributed by atoms with Gasteiger partial charge in [0.25, 0.3) is 0 Å². The highest BCUT2D eigenvalue weighted by Gasteiger charge is 2.37. The molecular formula is C16H22N4O2S2. The second kappa shape index (κ2) is 7.96. The zero-order valence-corrected chi connectivity index (χ0v) is 15.6. The second-order valence-electron chi connectivity index (χ2n) is 6.00. The van der Waals surface area contributed by atoms with Crippen LogP contribution in [0.15, 0.2) is 29.3 Å².